The van der Waals surface area contributed by atoms with Crippen molar-refractivity contribution in [1.29, 1.82) is 0 Å². The minimum Gasteiger partial charge on any atom is -0.461 e. The number of pyridine rings is 1. The van der Waals surface area contributed by atoms with Crippen LogP contribution in [0.15, 0.2) is 48.4 Å². The Labute approximate surface area is 275 Å². The molecule has 3 aliphatic heterocycles. The Morgan fingerprint density at radius 2 is 1.98 bits per heavy atom. The van der Waals surface area contributed by atoms with Gasteiger partial charge in [-0.15, -0.1) is 0 Å². The Hall–Kier alpha value is -4.10. The summed E-state index contributed by atoms with van der Waals surface area (Å²) >= 11 is 0. The first-order chi connectivity index (χ1) is 24.0. The van der Waals surface area contributed by atoms with Crippen molar-refractivity contribution in [2.45, 2.75) is 43.4 Å². The highest BCUT2D eigenvalue weighted by Crippen LogP contribution is 2.66. The van der Waals surface area contributed by atoms with Crippen molar-refractivity contribution in [2.75, 3.05) is 51.2 Å². The molecule has 4 aromatic rings. The first-order valence-corrected chi connectivity index (χ1v) is 16.1. The van der Waals surface area contributed by atoms with Gasteiger partial charge in [-0.05, 0) is 54.7 Å². The quantitative estimate of drug-likeness (QED) is 0.208. The molecule has 3 saturated heterocycles. The summed E-state index contributed by atoms with van der Waals surface area (Å²) in [7, 11) is 0. The number of alkyl halides is 2. The van der Waals surface area contributed by atoms with Crippen LogP contribution in [-0.2, 0) is 4.74 Å². The van der Waals surface area contributed by atoms with Gasteiger partial charge in [0.25, 0.3) is 0 Å². The van der Waals surface area contributed by atoms with Crippen LogP contribution in [0.2, 0.25) is 0 Å². The van der Waals surface area contributed by atoms with Gasteiger partial charge in [0, 0.05) is 36.2 Å². The van der Waals surface area contributed by atoms with Crippen LogP contribution in [0, 0.1) is 23.0 Å². The molecule has 2 aromatic carbocycles. The van der Waals surface area contributed by atoms with Crippen molar-refractivity contribution in [1.82, 2.24) is 19.9 Å². The lowest BCUT2D eigenvalue weighted by atomic mass is 9.80. The highest BCUT2D eigenvalue weighted by Gasteiger charge is 2.67. The summed E-state index contributed by atoms with van der Waals surface area (Å²) in [5, 5.41) is 0.413. The number of aromatic nitrogens is 3. The molecule has 250 valence electrons. The summed E-state index contributed by atoms with van der Waals surface area (Å²) < 4.78 is 106. The average molecular weight is 668 g/mol. The summed E-state index contributed by atoms with van der Waals surface area (Å²) in [5.41, 5.74) is -0.254. The number of ether oxygens (including phenoxy) is 3. The second-order valence-electron chi connectivity index (χ2n) is 13.6. The van der Waals surface area contributed by atoms with E-state index in [1.807, 2.05) is 0 Å². The predicted molar refractivity (Wildman–Crippen MR) is 167 cm³/mol. The van der Waals surface area contributed by atoms with Crippen LogP contribution in [0.5, 0.6) is 11.8 Å². The Morgan fingerprint density at radius 3 is 2.79 bits per heavy atom. The maximum Gasteiger partial charge on any atom is 0.319 e. The molecule has 0 N–H and O–H groups in total. The van der Waals surface area contributed by atoms with Gasteiger partial charge < -0.3 is 19.1 Å². The van der Waals surface area contributed by atoms with E-state index in [1.54, 1.807) is 17.0 Å². The second-order valence-corrected chi connectivity index (χ2v) is 13.6. The van der Waals surface area contributed by atoms with E-state index in [0.717, 1.165) is 31.9 Å². The standard InChI is InChI=1S/C35H32F5N5O3/c36-13-19-12-35(34(6-7-34)8-9-44(35)15-19)17-47-33-42-29-22(32(43-33)45-10-11-46-16-23-26(39)30(23)45)14-41-28(27(29)40)21-3-1-2-20-4-5-24(38)31(25(20)21)48-18-37/h1-5,13-14,23,26,30H,6-12,15-18H2/b19-13-/t23-,26-,30-,35-/m0/s1/i18D2. The zero-order valence-corrected chi connectivity index (χ0v) is 25.7. The van der Waals surface area contributed by atoms with Gasteiger partial charge >= 0.3 is 6.01 Å². The van der Waals surface area contributed by atoms with Gasteiger partial charge in [0.05, 0.1) is 36.5 Å². The van der Waals surface area contributed by atoms with Gasteiger partial charge in [-0.25, -0.2) is 22.0 Å². The zero-order valence-electron chi connectivity index (χ0n) is 27.7. The van der Waals surface area contributed by atoms with Crippen molar-refractivity contribution in [3.05, 3.63) is 60.1 Å². The van der Waals surface area contributed by atoms with Gasteiger partial charge in [-0.1, -0.05) is 24.3 Å². The predicted octanol–water partition coefficient (Wildman–Crippen LogP) is 6.46. The lowest BCUT2D eigenvalue weighted by Gasteiger charge is -2.36. The van der Waals surface area contributed by atoms with Gasteiger partial charge in [0.2, 0.25) is 6.81 Å². The van der Waals surface area contributed by atoms with E-state index in [-0.39, 0.29) is 70.5 Å². The molecule has 48 heavy (non-hydrogen) atoms. The SMILES string of the molecule is [2H]C([2H])(F)Oc1c(F)ccc2cccc(-c3ncc4c(N5CCOC[C@H]6[C@H](F)[C@H]65)nc(OC[C@]56C/C(=C/F)CN5CCC65CC5)nc4c3F)c12. The highest BCUT2D eigenvalue weighted by atomic mass is 19.1. The fraction of sp³-hybridized carbons (Fsp3) is 0.457. The summed E-state index contributed by atoms with van der Waals surface area (Å²) in [6, 6.07) is 6.27. The van der Waals surface area contributed by atoms with Gasteiger partial charge in [0.15, 0.2) is 17.4 Å². The van der Waals surface area contributed by atoms with E-state index < -0.39 is 41.9 Å². The maximum absolute atomic E-state index is 17.0. The van der Waals surface area contributed by atoms with Crippen LogP contribution in [0.3, 0.4) is 0 Å². The van der Waals surface area contributed by atoms with Crippen molar-refractivity contribution in [3.8, 4) is 23.0 Å². The van der Waals surface area contributed by atoms with Crippen molar-refractivity contribution >= 4 is 27.5 Å². The second kappa shape index (κ2) is 11.0. The third kappa shape index (κ3) is 4.35. The van der Waals surface area contributed by atoms with E-state index in [9.17, 15) is 8.78 Å². The van der Waals surface area contributed by atoms with Crippen LogP contribution in [0.4, 0.5) is 27.8 Å². The minimum atomic E-state index is -3.73. The molecule has 0 bridgehead atoms. The molecular formula is C35H32F5N5O3. The first-order valence-electron chi connectivity index (χ1n) is 17.1. The molecule has 5 heterocycles. The molecule has 0 radical (unpaired) electrons. The topological polar surface area (TPSA) is 72.8 Å². The van der Waals surface area contributed by atoms with Crippen molar-refractivity contribution in [2.24, 2.45) is 11.3 Å². The molecule has 0 unspecified atom stereocenters. The number of nitrogens with zero attached hydrogens (tertiary/aromatic N) is 5. The Balaban J connectivity index is 1.19. The van der Waals surface area contributed by atoms with Gasteiger partial charge in [-0.3, -0.25) is 9.88 Å². The van der Waals surface area contributed by atoms with Crippen LogP contribution >= 0.6 is 0 Å². The molecule has 0 amide bonds. The summed E-state index contributed by atoms with van der Waals surface area (Å²) in [5.74, 6) is -2.89. The zero-order chi connectivity index (χ0) is 34.6. The van der Waals surface area contributed by atoms with E-state index in [2.05, 4.69) is 14.9 Å². The molecule has 5 fully saturated rings. The van der Waals surface area contributed by atoms with Gasteiger partial charge in [0.1, 0.15) is 32.5 Å². The van der Waals surface area contributed by atoms with Crippen molar-refractivity contribution < 1.29 is 38.9 Å². The minimum absolute atomic E-state index is 0.00480. The molecule has 4 atom stereocenters. The van der Waals surface area contributed by atoms with Gasteiger partial charge in [-0.2, -0.15) is 9.97 Å². The van der Waals surface area contributed by atoms with E-state index in [4.69, 9.17) is 21.9 Å². The Bertz CT molecular complexity index is 2080. The van der Waals surface area contributed by atoms with Crippen LogP contribution in [-0.4, -0.2) is 83.9 Å². The third-order valence-corrected chi connectivity index (χ3v) is 11.3. The smallest absolute Gasteiger partial charge is 0.319 e. The fourth-order valence-corrected chi connectivity index (χ4v) is 8.59. The molecule has 2 aromatic heterocycles. The third-order valence-electron chi connectivity index (χ3n) is 11.3. The number of benzene rings is 2. The Kier molecular flexibility index (Phi) is 6.35. The lowest BCUT2D eigenvalue weighted by molar-refractivity contribution is 0.0649. The monoisotopic (exact) mass is 667 g/mol. The number of hydrogen-bond acceptors (Lipinski definition) is 8. The van der Waals surface area contributed by atoms with Crippen LogP contribution in [0.25, 0.3) is 32.9 Å². The highest BCUT2D eigenvalue weighted by molar-refractivity contribution is 6.02. The molecular weight excluding hydrogens is 633 g/mol. The molecule has 9 rings (SSSR count). The van der Waals surface area contributed by atoms with Crippen LogP contribution < -0.4 is 14.4 Å². The molecule has 5 aliphatic rings. The van der Waals surface area contributed by atoms with E-state index >= 15 is 13.2 Å². The normalized spacial score (nSPS) is 29.1. The van der Waals surface area contributed by atoms with E-state index in [1.165, 1.54) is 18.3 Å². The number of halogens is 5. The summed E-state index contributed by atoms with van der Waals surface area (Å²) in [6.45, 7) is -1.46. The van der Waals surface area contributed by atoms with Crippen molar-refractivity contribution in [3.63, 3.8) is 0 Å². The first kappa shape index (κ1) is 27.8. The molecule has 1 spiro atoms. The molecule has 2 aliphatic carbocycles. The number of rotatable bonds is 7. The molecule has 8 nitrogen and oxygen atoms in total. The average Bonchev–Trinajstić information content (AvgIpc) is 3.96. The number of fused-ring (bicyclic) bond motifs is 5. The largest absolute Gasteiger partial charge is 0.461 e. The number of anilines is 1. The lowest BCUT2D eigenvalue weighted by Crippen LogP contribution is -2.49. The summed E-state index contributed by atoms with van der Waals surface area (Å²) in [6.07, 6.45) is 4.31. The molecule has 13 heteroatoms. The van der Waals surface area contributed by atoms with Crippen LogP contribution in [0.1, 0.15) is 28.4 Å². The number of hydrogen-bond donors (Lipinski definition) is 0. The van der Waals surface area contributed by atoms with E-state index in [0.29, 0.717) is 36.9 Å². The fourth-order valence-electron chi connectivity index (χ4n) is 8.59. The summed E-state index contributed by atoms with van der Waals surface area (Å²) in [4.78, 5) is 17.6. The molecule has 2 saturated carbocycles. The maximum atomic E-state index is 17.0. The Morgan fingerprint density at radius 1 is 1.10 bits per heavy atom.